The summed E-state index contributed by atoms with van der Waals surface area (Å²) in [5, 5.41) is 14.0. The third-order valence-electron chi connectivity index (χ3n) is 6.35. The van der Waals surface area contributed by atoms with Gasteiger partial charge in [-0.15, -0.1) is 0 Å². The Morgan fingerprint density at radius 1 is 1.16 bits per heavy atom. The van der Waals surface area contributed by atoms with Crippen LogP contribution in [0.4, 0.5) is 8.78 Å². The van der Waals surface area contributed by atoms with Crippen molar-refractivity contribution in [1.29, 1.82) is 0 Å². The number of carbonyl (C=O) groups is 1. The molecular weight excluding hydrogens is 522 g/mol. The van der Waals surface area contributed by atoms with E-state index in [9.17, 15) is 9.90 Å². The van der Waals surface area contributed by atoms with Crippen molar-refractivity contribution in [3.05, 3.63) is 81.7 Å². The Morgan fingerprint density at radius 3 is 2.68 bits per heavy atom. The number of carboxylic acid groups (broad SMARTS) is 1. The Labute approximate surface area is 219 Å². The number of fused-ring (bicyclic) bond motifs is 2. The molecule has 0 amide bonds. The highest BCUT2D eigenvalue weighted by Crippen LogP contribution is 2.47. The van der Waals surface area contributed by atoms with Crippen LogP contribution < -0.4 is 14.2 Å². The molecule has 3 heterocycles. The van der Waals surface area contributed by atoms with Crippen molar-refractivity contribution >= 4 is 17.6 Å². The van der Waals surface area contributed by atoms with E-state index >= 15 is 8.78 Å². The van der Waals surface area contributed by atoms with Gasteiger partial charge in [-0.25, -0.2) is 9.78 Å². The number of aryl methyl sites for hydroxylation is 1. The van der Waals surface area contributed by atoms with Crippen molar-refractivity contribution in [2.75, 3.05) is 0 Å². The summed E-state index contributed by atoms with van der Waals surface area (Å²) in [4.78, 5) is 15.3. The highest BCUT2D eigenvalue weighted by Gasteiger charge is 2.44. The van der Waals surface area contributed by atoms with E-state index in [4.69, 9.17) is 30.3 Å². The highest BCUT2D eigenvalue weighted by atomic mass is 35.5. The predicted octanol–water partition coefficient (Wildman–Crippen LogP) is 7.09. The fraction of sp³-hybridized carbons (Fsp3) is 0.222. The van der Waals surface area contributed by atoms with E-state index in [1.54, 1.807) is 6.07 Å². The van der Waals surface area contributed by atoms with Gasteiger partial charge in [0.1, 0.15) is 18.1 Å². The number of hydrogen-bond donors (Lipinski definition) is 1. The molecule has 1 fully saturated rings. The van der Waals surface area contributed by atoms with Crippen LogP contribution >= 0.6 is 11.6 Å². The fourth-order valence-electron chi connectivity index (χ4n) is 4.31. The maximum atomic E-state index is 15.1. The molecule has 0 bridgehead atoms. The smallest absolute Gasteiger partial charge is 0.448 e. The van der Waals surface area contributed by atoms with Crippen LogP contribution in [0.5, 0.6) is 23.1 Å². The molecule has 0 spiro atoms. The second-order valence-electron chi connectivity index (χ2n) is 9.05. The summed E-state index contributed by atoms with van der Waals surface area (Å²) in [5.74, 6) is -1.23. The topological polar surface area (TPSA) is 104 Å². The molecule has 1 N–H and O–H groups in total. The normalized spacial score (nSPS) is 15.5. The third-order valence-corrected chi connectivity index (χ3v) is 6.66. The number of pyridine rings is 1. The molecule has 4 aromatic rings. The highest BCUT2D eigenvalue weighted by molar-refractivity contribution is 6.33. The number of halogens is 3. The van der Waals surface area contributed by atoms with E-state index in [-0.39, 0.29) is 41.2 Å². The lowest BCUT2D eigenvalue weighted by molar-refractivity contribution is -0.187. The average molecular weight is 541 g/mol. The maximum Gasteiger partial charge on any atom is 0.448 e. The molecule has 0 atom stereocenters. The average Bonchev–Trinajstić information content (AvgIpc) is 3.65. The van der Waals surface area contributed by atoms with Gasteiger partial charge in [-0.1, -0.05) is 28.9 Å². The number of carboxylic acids is 1. The molecule has 1 aliphatic carbocycles. The first-order chi connectivity index (χ1) is 18.2. The largest absolute Gasteiger partial charge is 0.478 e. The second-order valence-corrected chi connectivity index (χ2v) is 9.46. The van der Waals surface area contributed by atoms with Crippen LogP contribution in [-0.2, 0) is 12.7 Å². The standard InChI is InChI=1S/C27H19ClF2N2O6/c1-13-3-2-4-17(28)22(13)23-16(24(38-32-23)14-5-6-14)12-35-21-10-9-19-25(31-21)27(29,30)37-18-8-7-15(26(33)34)11-20(18)36-19/h2-4,7-11,14H,5-6,12H2,1H3,(H,33,34). The summed E-state index contributed by atoms with van der Waals surface area (Å²) in [7, 11) is 0. The first kappa shape index (κ1) is 24.2. The summed E-state index contributed by atoms with van der Waals surface area (Å²) in [6.07, 6.45) is -1.97. The molecule has 1 aliphatic heterocycles. The summed E-state index contributed by atoms with van der Waals surface area (Å²) in [5.41, 5.74) is 1.87. The number of ether oxygens (including phenoxy) is 3. The van der Waals surface area contributed by atoms with Crippen molar-refractivity contribution in [1.82, 2.24) is 10.1 Å². The van der Waals surface area contributed by atoms with Crippen LogP contribution in [0.3, 0.4) is 0 Å². The minimum atomic E-state index is -3.87. The van der Waals surface area contributed by atoms with E-state index in [1.165, 1.54) is 12.1 Å². The van der Waals surface area contributed by atoms with Gasteiger partial charge in [0.2, 0.25) is 5.88 Å². The summed E-state index contributed by atoms with van der Waals surface area (Å²) in [6, 6.07) is 11.5. The van der Waals surface area contributed by atoms with E-state index in [0.717, 1.165) is 36.6 Å². The van der Waals surface area contributed by atoms with Crippen molar-refractivity contribution < 1.29 is 37.4 Å². The molecule has 2 aromatic heterocycles. The molecule has 2 aromatic carbocycles. The van der Waals surface area contributed by atoms with E-state index in [0.29, 0.717) is 27.6 Å². The van der Waals surface area contributed by atoms with Gasteiger partial charge in [0.25, 0.3) is 0 Å². The van der Waals surface area contributed by atoms with Crippen LogP contribution in [0.15, 0.2) is 53.1 Å². The maximum absolute atomic E-state index is 15.1. The van der Waals surface area contributed by atoms with Crippen LogP contribution in [0.2, 0.25) is 5.02 Å². The van der Waals surface area contributed by atoms with Crippen LogP contribution in [0.1, 0.15) is 51.7 Å². The van der Waals surface area contributed by atoms with E-state index in [1.807, 2.05) is 19.1 Å². The Balaban J connectivity index is 1.32. The van der Waals surface area contributed by atoms with Crippen molar-refractivity contribution in [2.24, 2.45) is 0 Å². The van der Waals surface area contributed by atoms with Gasteiger partial charge in [-0.05, 0) is 55.7 Å². The van der Waals surface area contributed by atoms with E-state index < -0.39 is 17.8 Å². The summed E-state index contributed by atoms with van der Waals surface area (Å²) < 4.78 is 52.1. The molecular formula is C27H19ClF2N2O6. The van der Waals surface area contributed by atoms with Crippen LogP contribution in [0, 0.1) is 6.92 Å². The zero-order valence-electron chi connectivity index (χ0n) is 19.8. The van der Waals surface area contributed by atoms with Gasteiger partial charge in [0, 0.05) is 17.5 Å². The number of nitrogens with zero attached hydrogens (tertiary/aromatic N) is 2. The number of alkyl halides is 2. The number of hydrogen-bond acceptors (Lipinski definition) is 7. The third kappa shape index (κ3) is 4.30. The minimum absolute atomic E-state index is 0.0450. The molecule has 0 radical (unpaired) electrons. The number of benzene rings is 2. The lowest BCUT2D eigenvalue weighted by Gasteiger charge is -2.16. The second kappa shape index (κ2) is 8.98. The van der Waals surface area contributed by atoms with Crippen molar-refractivity contribution in [2.45, 2.75) is 38.4 Å². The fourth-order valence-corrected chi connectivity index (χ4v) is 4.62. The summed E-state index contributed by atoms with van der Waals surface area (Å²) >= 11 is 6.47. The molecule has 11 heteroatoms. The minimum Gasteiger partial charge on any atom is -0.478 e. The van der Waals surface area contributed by atoms with Crippen LogP contribution in [0.25, 0.3) is 11.3 Å². The number of rotatable bonds is 6. The van der Waals surface area contributed by atoms with Gasteiger partial charge in [-0.2, -0.15) is 8.78 Å². The molecule has 8 nitrogen and oxygen atoms in total. The van der Waals surface area contributed by atoms with Gasteiger partial charge < -0.3 is 23.8 Å². The zero-order chi connectivity index (χ0) is 26.6. The molecule has 6 rings (SSSR count). The van der Waals surface area contributed by atoms with Crippen LogP contribution in [-0.4, -0.2) is 21.2 Å². The molecule has 2 aliphatic rings. The monoisotopic (exact) mass is 540 g/mol. The lowest BCUT2D eigenvalue weighted by Crippen LogP contribution is -2.23. The SMILES string of the molecule is Cc1cccc(Cl)c1-c1noc(C2CC2)c1COc1ccc2c(n1)C(F)(F)Oc1ccc(C(=O)O)cc1O2. The molecule has 38 heavy (non-hydrogen) atoms. The van der Waals surface area contributed by atoms with Crippen molar-refractivity contribution in [3.8, 4) is 34.4 Å². The molecule has 0 saturated heterocycles. The first-order valence-corrected chi connectivity index (χ1v) is 12.1. The first-order valence-electron chi connectivity index (χ1n) is 11.7. The number of aromatic nitrogens is 2. The predicted molar refractivity (Wildman–Crippen MR) is 130 cm³/mol. The van der Waals surface area contributed by atoms with Crippen molar-refractivity contribution in [3.63, 3.8) is 0 Å². The van der Waals surface area contributed by atoms with Gasteiger partial charge in [0.05, 0.1) is 16.1 Å². The molecule has 194 valence electrons. The summed E-state index contributed by atoms with van der Waals surface area (Å²) in [6.45, 7) is 1.86. The Morgan fingerprint density at radius 2 is 1.95 bits per heavy atom. The van der Waals surface area contributed by atoms with Gasteiger partial charge >= 0.3 is 12.1 Å². The Hall–Kier alpha value is -4.18. The molecule has 1 saturated carbocycles. The van der Waals surface area contributed by atoms with Gasteiger partial charge in [0.15, 0.2) is 22.9 Å². The Bertz CT molecular complexity index is 1560. The van der Waals surface area contributed by atoms with E-state index in [2.05, 4.69) is 10.1 Å². The lowest BCUT2D eigenvalue weighted by atomic mass is 10.0. The Kier molecular flexibility index (Phi) is 5.71. The number of aromatic carboxylic acids is 1. The quantitative estimate of drug-likeness (QED) is 0.276. The molecule has 0 unspecified atom stereocenters. The van der Waals surface area contributed by atoms with Gasteiger partial charge in [-0.3, -0.25) is 0 Å². The zero-order valence-corrected chi connectivity index (χ0v) is 20.6.